The van der Waals surface area contributed by atoms with Gasteiger partial charge < -0.3 is 10.2 Å². The van der Waals surface area contributed by atoms with E-state index in [1.54, 1.807) is 18.8 Å². The molecule has 2 rings (SSSR count). The monoisotopic (exact) mass is 295 g/mol. The van der Waals surface area contributed by atoms with E-state index in [2.05, 4.69) is 10.4 Å². The van der Waals surface area contributed by atoms with E-state index in [1.165, 1.54) is 0 Å². The van der Waals surface area contributed by atoms with E-state index >= 15 is 0 Å². The molecule has 0 atom stereocenters. The van der Waals surface area contributed by atoms with Crippen LogP contribution in [-0.4, -0.2) is 40.7 Å². The maximum Gasteiger partial charge on any atom is 0.334 e. The number of aromatic nitrogens is 2. The van der Waals surface area contributed by atoms with Crippen molar-refractivity contribution >= 4 is 17.4 Å². The largest absolute Gasteiger partial charge is 0.359 e. The Bertz CT molecular complexity index is 546. The number of carbonyl (C=O) groups excluding carboxylic acids is 1. The zero-order chi connectivity index (χ0) is 15.6. The summed E-state index contributed by atoms with van der Waals surface area (Å²) in [5.41, 5.74) is 0.601. The lowest BCUT2D eigenvalue weighted by atomic mass is 9.96. The second kappa shape index (κ2) is 6.11. The molecule has 2 heterocycles. The zero-order valence-corrected chi connectivity index (χ0v) is 12.6. The van der Waals surface area contributed by atoms with Crippen molar-refractivity contribution in [2.24, 2.45) is 13.0 Å². The Labute approximate surface area is 123 Å². The van der Waals surface area contributed by atoms with E-state index < -0.39 is 0 Å². The third kappa shape index (κ3) is 2.84. The molecule has 1 N–H and O–H groups in total. The van der Waals surface area contributed by atoms with Crippen molar-refractivity contribution in [3.8, 4) is 0 Å². The summed E-state index contributed by atoms with van der Waals surface area (Å²) >= 11 is 0. The first-order valence-corrected chi connectivity index (χ1v) is 7.16. The van der Waals surface area contributed by atoms with E-state index in [9.17, 15) is 14.9 Å². The maximum atomic E-state index is 11.6. The molecule has 0 unspecified atom stereocenters. The normalized spacial score (nSPS) is 16.0. The number of hydrogen-bond acceptors (Lipinski definition) is 5. The molecular formula is C13H21N5O3. The molecule has 1 aromatic heterocycles. The average Bonchev–Trinajstić information content (AvgIpc) is 2.83. The van der Waals surface area contributed by atoms with Crippen LogP contribution in [0.3, 0.4) is 0 Å². The second-order valence-electron chi connectivity index (χ2n) is 5.23. The first-order chi connectivity index (χ1) is 9.99. The number of piperidine rings is 1. The topological polar surface area (TPSA) is 93.3 Å². The fourth-order valence-electron chi connectivity index (χ4n) is 2.90. The van der Waals surface area contributed by atoms with Crippen LogP contribution in [0.2, 0.25) is 0 Å². The van der Waals surface area contributed by atoms with Gasteiger partial charge in [0.1, 0.15) is 5.69 Å². The van der Waals surface area contributed by atoms with Crippen LogP contribution in [0.4, 0.5) is 11.5 Å². The molecule has 0 aromatic carbocycles. The van der Waals surface area contributed by atoms with Crippen LogP contribution < -0.4 is 10.2 Å². The molecule has 1 aliphatic heterocycles. The summed E-state index contributed by atoms with van der Waals surface area (Å²) in [4.78, 5) is 24.6. The van der Waals surface area contributed by atoms with E-state index in [0.29, 0.717) is 43.9 Å². The maximum absolute atomic E-state index is 11.6. The summed E-state index contributed by atoms with van der Waals surface area (Å²) < 4.78 is 1.58. The SMILES string of the molecule is CCc1nn(C)c(N2CCC(C(=O)NC)CC2)c1[N+](=O)[O-]. The van der Waals surface area contributed by atoms with Gasteiger partial charge in [0.2, 0.25) is 11.7 Å². The number of hydrogen-bond donors (Lipinski definition) is 1. The molecule has 116 valence electrons. The fraction of sp³-hybridized carbons (Fsp3) is 0.692. The first-order valence-electron chi connectivity index (χ1n) is 7.16. The van der Waals surface area contributed by atoms with E-state index in [4.69, 9.17) is 0 Å². The summed E-state index contributed by atoms with van der Waals surface area (Å²) in [6, 6.07) is 0. The highest BCUT2D eigenvalue weighted by Gasteiger charge is 2.33. The zero-order valence-electron chi connectivity index (χ0n) is 12.6. The average molecular weight is 295 g/mol. The van der Waals surface area contributed by atoms with Crippen molar-refractivity contribution < 1.29 is 9.72 Å². The van der Waals surface area contributed by atoms with E-state index in [0.717, 1.165) is 0 Å². The molecule has 21 heavy (non-hydrogen) atoms. The van der Waals surface area contributed by atoms with Gasteiger partial charge in [0.15, 0.2) is 0 Å². The Morgan fingerprint density at radius 1 is 1.48 bits per heavy atom. The number of amides is 1. The number of rotatable bonds is 4. The van der Waals surface area contributed by atoms with Crippen LogP contribution in [0.25, 0.3) is 0 Å². The molecule has 0 saturated carbocycles. The molecular weight excluding hydrogens is 274 g/mol. The number of carbonyl (C=O) groups is 1. The Kier molecular flexibility index (Phi) is 4.44. The summed E-state index contributed by atoms with van der Waals surface area (Å²) in [7, 11) is 3.36. The number of nitrogens with one attached hydrogen (secondary N) is 1. The van der Waals surface area contributed by atoms with E-state index in [1.807, 2.05) is 11.8 Å². The van der Waals surface area contributed by atoms with Gasteiger partial charge in [0.25, 0.3) is 0 Å². The summed E-state index contributed by atoms with van der Waals surface area (Å²) in [6.07, 6.45) is 1.92. The van der Waals surface area contributed by atoms with Crippen LogP contribution in [0.1, 0.15) is 25.5 Å². The lowest BCUT2D eigenvalue weighted by Crippen LogP contribution is -2.40. The van der Waals surface area contributed by atoms with Gasteiger partial charge in [-0.3, -0.25) is 14.9 Å². The van der Waals surface area contributed by atoms with Crippen molar-refractivity contribution in [2.45, 2.75) is 26.2 Å². The van der Waals surface area contributed by atoms with Crippen molar-refractivity contribution in [2.75, 3.05) is 25.0 Å². The van der Waals surface area contributed by atoms with E-state index in [-0.39, 0.29) is 22.4 Å². The van der Waals surface area contributed by atoms with Gasteiger partial charge in [0, 0.05) is 33.1 Å². The molecule has 1 aliphatic rings. The molecule has 1 amide bonds. The summed E-state index contributed by atoms with van der Waals surface area (Å²) in [6.45, 7) is 3.11. The minimum Gasteiger partial charge on any atom is -0.359 e. The highest BCUT2D eigenvalue weighted by atomic mass is 16.6. The molecule has 8 nitrogen and oxygen atoms in total. The Hall–Kier alpha value is -2.12. The number of nitro groups is 1. The van der Waals surface area contributed by atoms with Crippen LogP contribution in [-0.2, 0) is 18.3 Å². The minimum atomic E-state index is -0.355. The molecule has 0 spiro atoms. The van der Waals surface area contributed by atoms with Gasteiger partial charge >= 0.3 is 5.69 Å². The van der Waals surface area contributed by atoms with Crippen molar-refractivity contribution in [1.82, 2.24) is 15.1 Å². The van der Waals surface area contributed by atoms with Gasteiger partial charge in [-0.05, 0) is 19.3 Å². The standard InChI is InChI=1S/C13H21N5O3/c1-4-10-11(18(20)21)13(16(3)15-10)17-7-5-9(6-8-17)12(19)14-2/h9H,4-8H2,1-3H3,(H,14,19). The van der Waals surface area contributed by atoms with Gasteiger partial charge in [-0.1, -0.05) is 6.92 Å². The van der Waals surface area contributed by atoms with Crippen molar-refractivity contribution in [3.63, 3.8) is 0 Å². The van der Waals surface area contributed by atoms with Gasteiger partial charge in [-0.25, -0.2) is 4.68 Å². The smallest absolute Gasteiger partial charge is 0.334 e. The van der Waals surface area contributed by atoms with Gasteiger partial charge in [0.05, 0.1) is 4.92 Å². The number of anilines is 1. The second-order valence-corrected chi connectivity index (χ2v) is 5.23. The molecule has 1 saturated heterocycles. The molecule has 0 bridgehead atoms. The highest BCUT2D eigenvalue weighted by Crippen LogP contribution is 2.34. The highest BCUT2D eigenvalue weighted by molar-refractivity contribution is 5.78. The van der Waals surface area contributed by atoms with Crippen LogP contribution in [0.5, 0.6) is 0 Å². The summed E-state index contributed by atoms with van der Waals surface area (Å²) in [5.74, 6) is 0.583. The lowest BCUT2D eigenvalue weighted by molar-refractivity contribution is -0.384. The predicted molar refractivity (Wildman–Crippen MR) is 78.2 cm³/mol. The summed E-state index contributed by atoms with van der Waals surface area (Å²) in [5, 5.41) is 18.2. The van der Waals surface area contributed by atoms with Crippen LogP contribution >= 0.6 is 0 Å². The lowest BCUT2D eigenvalue weighted by Gasteiger charge is -2.31. The van der Waals surface area contributed by atoms with Gasteiger partial charge in [-0.2, -0.15) is 5.10 Å². The van der Waals surface area contributed by atoms with Crippen LogP contribution in [0.15, 0.2) is 0 Å². The number of nitrogens with zero attached hydrogens (tertiary/aromatic N) is 4. The fourth-order valence-corrected chi connectivity index (χ4v) is 2.90. The minimum absolute atomic E-state index is 0.0100. The third-order valence-electron chi connectivity index (χ3n) is 3.99. The molecule has 8 heteroatoms. The molecule has 0 aliphatic carbocycles. The van der Waals surface area contributed by atoms with Gasteiger partial charge in [-0.15, -0.1) is 0 Å². The van der Waals surface area contributed by atoms with Crippen molar-refractivity contribution in [3.05, 3.63) is 15.8 Å². The molecule has 1 fully saturated rings. The number of aryl methyl sites for hydroxylation is 2. The predicted octanol–water partition coefficient (Wildman–Crippen LogP) is 0.853. The first kappa shape index (κ1) is 15.3. The Balaban J connectivity index is 2.22. The van der Waals surface area contributed by atoms with Crippen LogP contribution in [0, 0.1) is 16.0 Å². The molecule has 0 radical (unpaired) electrons. The Morgan fingerprint density at radius 3 is 2.57 bits per heavy atom. The Morgan fingerprint density at radius 2 is 2.10 bits per heavy atom. The third-order valence-corrected chi connectivity index (χ3v) is 3.99. The quantitative estimate of drug-likeness (QED) is 0.656. The van der Waals surface area contributed by atoms with Crippen molar-refractivity contribution in [1.29, 1.82) is 0 Å². The molecule has 1 aromatic rings.